The van der Waals surface area contributed by atoms with Crippen LogP contribution in [0.15, 0.2) is 121 Å². The normalized spacial score (nSPS) is 12.2. The molecule has 0 amide bonds. The molecule has 2 fully saturated rings. The number of hydrogen-bond donors (Lipinski definition) is 0. The van der Waals surface area contributed by atoms with Crippen LogP contribution in [0, 0.1) is 113 Å². The van der Waals surface area contributed by atoms with Crippen molar-refractivity contribution in [3.8, 4) is 23.7 Å². The summed E-state index contributed by atoms with van der Waals surface area (Å²) in [5.74, 6) is 16.1. The topological polar surface area (TPSA) is 79.6 Å². The number of allylic oxidation sites excluding steroid dienone is 2. The van der Waals surface area contributed by atoms with Crippen LogP contribution in [0.4, 0.5) is 0 Å². The Kier molecular flexibility index (Phi) is 36.6. The Bertz CT molecular complexity index is 1540. The summed E-state index contributed by atoms with van der Waals surface area (Å²) in [7, 11) is 0. The Labute approximate surface area is 333 Å². The summed E-state index contributed by atoms with van der Waals surface area (Å²) in [6.07, 6.45) is 16.5. The van der Waals surface area contributed by atoms with E-state index in [1.807, 2.05) is 123 Å². The molecule has 0 aromatic heterocycles. The van der Waals surface area contributed by atoms with Gasteiger partial charge in [0.05, 0.1) is 0 Å². The van der Waals surface area contributed by atoms with Crippen LogP contribution in [0.2, 0.25) is 0 Å². The first-order valence-corrected chi connectivity index (χ1v) is 14.9. The number of rotatable bonds is 2. The second-order valence-electron chi connectivity index (χ2n) is 9.64. The van der Waals surface area contributed by atoms with Crippen molar-refractivity contribution in [2.24, 2.45) is 0 Å². The fourth-order valence-corrected chi connectivity index (χ4v) is 4.02. The van der Waals surface area contributed by atoms with Crippen molar-refractivity contribution in [2.45, 2.75) is 13.8 Å². The molecule has 0 bridgehead atoms. The first kappa shape index (κ1) is 52.1. The van der Waals surface area contributed by atoms with Gasteiger partial charge in [0.15, 0.2) is 0 Å². The molecule has 4 aromatic carbocycles. The molecule has 0 N–H and O–H groups in total. The minimum Gasteiger partial charge on any atom is 0 e. The van der Waals surface area contributed by atoms with E-state index in [0.29, 0.717) is 0 Å². The molecule has 0 saturated heterocycles. The first-order chi connectivity index (χ1) is 24.7. The Morgan fingerprint density at radius 2 is 0.615 bits per heavy atom. The number of hydrogen-bond acceptors (Lipinski definition) is 0. The molecule has 0 atom stereocenters. The van der Waals surface area contributed by atoms with E-state index in [2.05, 4.69) is 114 Å². The molecule has 0 unspecified atom stereocenters. The molecule has 6 heteroatoms. The van der Waals surface area contributed by atoms with Gasteiger partial charge in [-0.25, -0.2) is 0 Å². The summed E-state index contributed by atoms with van der Waals surface area (Å²) in [6, 6.07) is 40.6. The summed E-state index contributed by atoms with van der Waals surface area (Å²) >= 11 is 0. The van der Waals surface area contributed by atoms with Crippen molar-refractivity contribution < 1.29 is 52.7 Å². The molecule has 4 nitrogen and oxygen atoms in total. The maximum absolute atomic E-state index is 7.50. The minimum atomic E-state index is 0. The molecular weight excluding hydrogens is 726 g/mol. The van der Waals surface area contributed by atoms with E-state index in [9.17, 15) is 0 Å². The van der Waals surface area contributed by atoms with Crippen LogP contribution >= 0.6 is 0 Å². The summed E-state index contributed by atoms with van der Waals surface area (Å²) in [5, 5.41) is 0. The van der Waals surface area contributed by atoms with Crippen LogP contribution in [-0.4, -0.2) is 0 Å². The quantitative estimate of drug-likeness (QED) is 0.0642. The van der Waals surface area contributed by atoms with Gasteiger partial charge in [-0.3, -0.25) is 0 Å². The minimum absolute atomic E-state index is 0. The molecule has 4 aromatic rings. The van der Waals surface area contributed by atoms with Gasteiger partial charge in [-0.1, -0.05) is 135 Å². The van der Waals surface area contributed by atoms with Crippen molar-refractivity contribution in [2.75, 3.05) is 0 Å². The molecule has 256 valence electrons. The molecular formula is C46H34Mn2O4. The molecule has 0 spiro atoms. The molecule has 12 radical (unpaired) electrons. The molecule has 2 saturated carbocycles. The maximum atomic E-state index is 7.50. The van der Waals surface area contributed by atoms with E-state index >= 15 is 0 Å². The van der Waals surface area contributed by atoms with Gasteiger partial charge in [-0.05, 0) is 98.6 Å². The largest absolute Gasteiger partial charge is 0 e. The van der Waals surface area contributed by atoms with E-state index in [-0.39, 0.29) is 34.1 Å². The third-order valence-electron chi connectivity index (χ3n) is 6.24. The molecule has 6 rings (SSSR count). The molecule has 0 aliphatic heterocycles. The zero-order valence-electron chi connectivity index (χ0n) is 28.6. The predicted molar refractivity (Wildman–Crippen MR) is 194 cm³/mol. The molecule has 2 aliphatic carbocycles. The predicted octanol–water partition coefficient (Wildman–Crippen LogP) is 9.37. The third-order valence-corrected chi connectivity index (χ3v) is 6.24. The fraction of sp³-hybridized carbons (Fsp3) is 0.0435. The first-order valence-electron chi connectivity index (χ1n) is 14.9. The third kappa shape index (κ3) is 22.5. The Hall–Kier alpha value is -4.26. The monoisotopic (exact) mass is 760 g/mol. The smallest absolute Gasteiger partial charge is 0 e. The van der Waals surface area contributed by atoms with Crippen molar-refractivity contribution in [1.29, 1.82) is 0 Å². The zero-order valence-corrected chi connectivity index (χ0v) is 30.9. The Morgan fingerprint density at radius 3 is 0.827 bits per heavy atom. The summed E-state index contributed by atoms with van der Waals surface area (Å²) in [4.78, 5) is 0. The van der Waals surface area contributed by atoms with Gasteiger partial charge in [0, 0.05) is 56.4 Å². The van der Waals surface area contributed by atoms with Crippen LogP contribution in [0.3, 0.4) is 0 Å². The van der Waals surface area contributed by atoms with Crippen LogP contribution in [0.5, 0.6) is 0 Å². The maximum Gasteiger partial charge on any atom is 0 e. The van der Waals surface area contributed by atoms with Crippen molar-refractivity contribution >= 4 is 11.1 Å². The second-order valence-corrected chi connectivity index (χ2v) is 9.64. The van der Waals surface area contributed by atoms with E-state index < -0.39 is 0 Å². The average molecular weight is 761 g/mol. The van der Waals surface area contributed by atoms with E-state index in [4.69, 9.17) is 18.6 Å². The standard InChI is InChI=1S/C30H20.2C6H7.4CO.2Mn/c1-5-13-25(14-6-1)21-23-29(27-17-9-3-10-18-27)30(28-19-11-4-12-20-28)24-22-26-15-7-2-8-16-26;2*1-6-4-2-3-5-6;4*1-2;;/h1-20H;2*2-5H,1H3;;;;;;/b30-29+;;;;;;;;. The second kappa shape index (κ2) is 36.5. The summed E-state index contributed by atoms with van der Waals surface area (Å²) in [6.45, 7) is 22.2. The Morgan fingerprint density at radius 1 is 0.385 bits per heavy atom. The molecule has 0 heterocycles. The van der Waals surface area contributed by atoms with Crippen molar-refractivity contribution in [1.82, 2.24) is 0 Å². The van der Waals surface area contributed by atoms with Crippen LogP contribution in [0.25, 0.3) is 11.1 Å². The summed E-state index contributed by atoms with van der Waals surface area (Å²) < 4.78 is 30.0. The summed E-state index contributed by atoms with van der Waals surface area (Å²) in [5.41, 5.74) is 5.93. The fourth-order valence-electron chi connectivity index (χ4n) is 4.02. The molecule has 2 aliphatic rings. The van der Waals surface area contributed by atoms with Gasteiger partial charge in [-0.2, -0.15) is 0 Å². The van der Waals surface area contributed by atoms with Crippen LogP contribution in [-0.2, 0) is 52.7 Å². The van der Waals surface area contributed by atoms with E-state index in [1.165, 1.54) is 11.8 Å². The Balaban J connectivity index is -0.000000902. The SMILES string of the molecule is C(#Cc1ccccc1)/C(=C(/C#Cc1ccccc1)c1ccccc1)c1ccccc1.C[C]1[CH][CH][CH][CH]1.C[C]1[CH][CH][CH][CH]1.[C-]#[O+].[C-]#[O+].[C-]#[O+].[C-]#[O+].[Mn].[Mn]. The van der Waals surface area contributed by atoms with Gasteiger partial charge in [0.1, 0.15) is 0 Å². The van der Waals surface area contributed by atoms with E-state index in [1.54, 1.807) is 0 Å². The van der Waals surface area contributed by atoms with Crippen LogP contribution in [0.1, 0.15) is 36.1 Å². The number of benzene rings is 4. The van der Waals surface area contributed by atoms with Crippen molar-refractivity contribution in [3.63, 3.8) is 0 Å². The zero-order chi connectivity index (χ0) is 37.2. The van der Waals surface area contributed by atoms with Gasteiger partial charge in [0.2, 0.25) is 0 Å². The van der Waals surface area contributed by atoms with E-state index in [0.717, 1.165) is 33.4 Å². The van der Waals surface area contributed by atoms with Crippen LogP contribution < -0.4 is 0 Å². The molecule has 52 heavy (non-hydrogen) atoms. The van der Waals surface area contributed by atoms with Gasteiger partial charge < -0.3 is 0 Å². The van der Waals surface area contributed by atoms with Gasteiger partial charge in [-0.15, -0.1) is 0 Å². The van der Waals surface area contributed by atoms with Gasteiger partial charge >= 0.3 is 45.2 Å². The van der Waals surface area contributed by atoms with Crippen molar-refractivity contribution in [3.05, 3.63) is 233 Å². The van der Waals surface area contributed by atoms with Gasteiger partial charge in [0.25, 0.3) is 0 Å². The average Bonchev–Trinajstić information content (AvgIpc) is 3.91.